The average molecular weight is 233 g/mol. The van der Waals surface area contributed by atoms with Gasteiger partial charge in [0.2, 0.25) is 0 Å². The summed E-state index contributed by atoms with van der Waals surface area (Å²) in [6.07, 6.45) is 2.07. The zero-order valence-corrected chi connectivity index (χ0v) is 9.20. The first-order chi connectivity index (χ1) is 6.94. The maximum Gasteiger partial charge on any atom is 0.360 e. The normalized spacial score (nSPS) is 11.3. The lowest BCUT2D eigenvalue weighted by Crippen LogP contribution is -2.10. The molecule has 6 nitrogen and oxygen atoms in total. The number of hydrogen-bond acceptors (Lipinski definition) is 6. The fourth-order valence-corrected chi connectivity index (χ4v) is 1.66. The molecule has 7 heteroatoms. The summed E-state index contributed by atoms with van der Waals surface area (Å²) in [5.41, 5.74) is -0.0812. The minimum Gasteiger partial charge on any atom is -0.461 e. The van der Waals surface area contributed by atoms with Crippen molar-refractivity contribution in [3.8, 4) is 0 Å². The minimum absolute atomic E-state index is 0.0101. The Kier molecular flexibility index (Phi) is 3.46. The van der Waals surface area contributed by atoms with Crippen LogP contribution in [0, 0.1) is 0 Å². The van der Waals surface area contributed by atoms with Gasteiger partial charge in [0, 0.05) is 6.26 Å². The molecule has 1 rings (SSSR count). The van der Waals surface area contributed by atoms with E-state index in [0.717, 1.165) is 12.6 Å². The molecule has 0 aromatic carbocycles. The van der Waals surface area contributed by atoms with Gasteiger partial charge in [-0.05, 0) is 6.92 Å². The lowest BCUT2D eigenvalue weighted by molar-refractivity contribution is 0.0518. The number of sulfone groups is 1. The van der Waals surface area contributed by atoms with Gasteiger partial charge in [-0.1, -0.05) is 0 Å². The zero-order chi connectivity index (χ0) is 11.5. The molecule has 0 N–H and O–H groups in total. The van der Waals surface area contributed by atoms with Crippen molar-refractivity contribution >= 4 is 15.8 Å². The van der Waals surface area contributed by atoms with Crippen LogP contribution in [0.2, 0.25) is 0 Å². The molecule has 84 valence electrons. The first-order valence-electron chi connectivity index (χ1n) is 4.21. The van der Waals surface area contributed by atoms with Crippen LogP contribution in [0.15, 0.2) is 10.8 Å². The summed E-state index contributed by atoms with van der Waals surface area (Å²) in [5, 5.41) is 0. The molecule has 0 saturated heterocycles. The van der Waals surface area contributed by atoms with Crippen LogP contribution in [0.25, 0.3) is 0 Å². The largest absolute Gasteiger partial charge is 0.461 e. The van der Waals surface area contributed by atoms with Crippen molar-refractivity contribution in [1.82, 2.24) is 4.98 Å². The molecule has 0 aliphatic rings. The Hall–Kier alpha value is -1.37. The van der Waals surface area contributed by atoms with Crippen LogP contribution in [0.4, 0.5) is 0 Å². The third-order valence-corrected chi connectivity index (χ3v) is 2.29. The number of hydrogen-bond donors (Lipinski definition) is 0. The Morgan fingerprint density at radius 2 is 2.27 bits per heavy atom. The third-order valence-electron chi connectivity index (χ3n) is 1.50. The van der Waals surface area contributed by atoms with E-state index in [9.17, 15) is 13.2 Å². The fraction of sp³-hybridized carbons (Fsp3) is 0.500. The van der Waals surface area contributed by atoms with Crippen molar-refractivity contribution < 1.29 is 22.4 Å². The van der Waals surface area contributed by atoms with E-state index in [-0.39, 0.29) is 23.8 Å². The van der Waals surface area contributed by atoms with Crippen LogP contribution >= 0.6 is 0 Å². The Bertz CT molecular complexity index is 447. The van der Waals surface area contributed by atoms with E-state index in [1.54, 1.807) is 6.92 Å². The number of nitrogens with zero attached hydrogens (tertiary/aromatic N) is 1. The molecule has 1 aromatic rings. The molecule has 1 heterocycles. The van der Waals surface area contributed by atoms with Gasteiger partial charge in [0.25, 0.3) is 0 Å². The summed E-state index contributed by atoms with van der Waals surface area (Å²) in [5.74, 6) is -1.03. The Morgan fingerprint density at radius 3 is 2.80 bits per heavy atom. The van der Waals surface area contributed by atoms with Crippen LogP contribution in [-0.2, 0) is 20.3 Å². The zero-order valence-electron chi connectivity index (χ0n) is 8.39. The van der Waals surface area contributed by atoms with E-state index >= 15 is 0 Å². The van der Waals surface area contributed by atoms with Crippen molar-refractivity contribution in [3.05, 3.63) is 17.8 Å². The molecule has 0 atom stereocenters. The molecule has 1 aromatic heterocycles. The summed E-state index contributed by atoms with van der Waals surface area (Å²) in [6, 6.07) is 0. The van der Waals surface area contributed by atoms with Gasteiger partial charge in [-0.15, -0.1) is 0 Å². The molecule has 0 saturated carbocycles. The quantitative estimate of drug-likeness (QED) is 0.699. The molecule has 0 radical (unpaired) electrons. The third kappa shape index (κ3) is 3.35. The Labute approximate surface area is 87.2 Å². The van der Waals surface area contributed by atoms with Gasteiger partial charge in [0.15, 0.2) is 27.7 Å². The highest BCUT2D eigenvalue weighted by atomic mass is 32.2. The van der Waals surface area contributed by atoms with E-state index in [4.69, 9.17) is 4.42 Å². The van der Waals surface area contributed by atoms with Crippen molar-refractivity contribution in [2.75, 3.05) is 12.9 Å². The highest BCUT2D eigenvalue weighted by Crippen LogP contribution is 2.11. The van der Waals surface area contributed by atoms with Crippen LogP contribution in [-0.4, -0.2) is 32.2 Å². The lowest BCUT2D eigenvalue weighted by atomic mass is 10.4. The molecule has 0 aliphatic heterocycles. The first-order valence-corrected chi connectivity index (χ1v) is 6.27. The van der Waals surface area contributed by atoms with Crippen LogP contribution < -0.4 is 0 Å². The van der Waals surface area contributed by atoms with E-state index in [2.05, 4.69) is 9.72 Å². The molecular formula is C8H11NO5S. The summed E-state index contributed by atoms with van der Waals surface area (Å²) < 4.78 is 31.5. The number of rotatable bonds is 4. The minimum atomic E-state index is -3.26. The van der Waals surface area contributed by atoms with Crippen molar-refractivity contribution in [3.63, 3.8) is 0 Å². The molecule has 15 heavy (non-hydrogen) atoms. The fourth-order valence-electron chi connectivity index (χ4n) is 0.977. The van der Waals surface area contributed by atoms with Gasteiger partial charge >= 0.3 is 5.97 Å². The van der Waals surface area contributed by atoms with Gasteiger partial charge < -0.3 is 9.15 Å². The lowest BCUT2D eigenvalue weighted by Gasteiger charge is -1.99. The second-order valence-electron chi connectivity index (χ2n) is 2.91. The van der Waals surface area contributed by atoms with Gasteiger partial charge in [0.05, 0.1) is 6.61 Å². The van der Waals surface area contributed by atoms with Gasteiger partial charge in [-0.2, -0.15) is 0 Å². The molecular weight excluding hydrogens is 222 g/mol. The van der Waals surface area contributed by atoms with Crippen molar-refractivity contribution in [1.29, 1.82) is 0 Å². The first kappa shape index (κ1) is 11.7. The number of carbonyl (C=O) groups excluding carboxylic acids is 1. The molecule has 0 fully saturated rings. The molecule has 0 bridgehead atoms. The van der Waals surface area contributed by atoms with Gasteiger partial charge in [0.1, 0.15) is 5.75 Å². The van der Waals surface area contributed by atoms with E-state index in [1.165, 1.54) is 0 Å². The van der Waals surface area contributed by atoms with Gasteiger partial charge in [-0.25, -0.2) is 18.2 Å². The predicted molar refractivity (Wildman–Crippen MR) is 51.0 cm³/mol. The second-order valence-corrected chi connectivity index (χ2v) is 5.05. The van der Waals surface area contributed by atoms with Crippen LogP contribution in [0.3, 0.4) is 0 Å². The number of ether oxygens (including phenoxy) is 1. The van der Waals surface area contributed by atoms with E-state index in [0.29, 0.717) is 0 Å². The molecule has 0 aliphatic carbocycles. The second kappa shape index (κ2) is 4.43. The number of oxazole rings is 1. The monoisotopic (exact) mass is 233 g/mol. The standard InChI is InChI=1S/C8H11NO5S/c1-3-13-8(10)7-6(14-5-9-7)4-15(2,11)12/h5H,3-4H2,1-2H3. The summed E-state index contributed by atoms with van der Waals surface area (Å²) >= 11 is 0. The Morgan fingerprint density at radius 1 is 1.60 bits per heavy atom. The topological polar surface area (TPSA) is 86.5 Å². The summed E-state index contributed by atoms with van der Waals surface area (Å²) in [7, 11) is -3.26. The summed E-state index contributed by atoms with van der Waals surface area (Å²) in [4.78, 5) is 14.9. The Balaban J connectivity index is 2.92. The smallest absolute Gasteiger partial charge is 0.360 e. The van der Waals surface area contributed by atoms with E-state index < -0.39 is 15.8 Å². The predicted octanol–water partition coefficient (Wildman–Crippen LogP) is 0.396. The van der Waals surface area contributed by atoms with Crippen LogP contribution in [0.1, 0.15) is 23.2 Å². The summed E-state index contributed by atoms with van der Waals surface area (Å²) in [6.45, 7) is 1.85. The van der Waals surface area contributed by atoms with Crippen LogP contribution in [0.5, 0.6) is 0 Å². The average Bonchev–Trinajstić information content (AvgIpc) is 2.49. The highest BCUT2D eigenvalue weighted by Gasteiger charge is 2.20. The molecule has 0 unspecified atom stereocenters. The number of aromatic nitrogens is 1. The number of esters is 1. The maximum atomic E-state index is 11.3. The van der Waals surface area contributed by atoms with Crippen molar-refractivity contribution in [2.45, 2.75) is 12.7 Å². The maximum absolute atomic E-state index is 11.3. The molecule has 0 amide bonds. The van der Waals surface area contributed by atoms with E-state index in [1.807, 2.05) is 0 Å². The van der Waals surface area contributed by atoms with Gasteiger partial charge in [-0.3, -0.25) is 0 Å². The number of carbonyl (C=O) groups is 1. The van der Waals surface area contributed by atoms with Crippen molar-refractivity contribution in [2.24, 2.45) is 0 Å². The molecule has 0 spiro atoms. The SMILES string of the molecule is CCOC(=O)c1ncoc1CS(C)(=O)=O. The highest BCUT2D eigenvalue weighted by molar-refractivity contribution is 7.89.